The molecule has 0 aliphatic heterocycles. The second-order valence-corrected chi connectivity index (χ2v) is 7.11. The van der Waals surface area contributed by atoms with E-state index in [1.54, 1.807) is 0 Å². The van der Waals surface area contributed by atoms with Crippen LogP contribution in [0.25, 0.3) is 0 Å². The van der Waals surface area contributed by atoms with Gasteiger partial charge in [-0.05, 0) is 52.2 Å². The zero-order chi connectivity index (χ0) is 15.5. The third-order valence-electron chi connectivity index (χ3n) is 3.93. The topological polar surface area (TPSA) is 28.2 Å². The van der Waals surface area contributed by atoms with Gasteiger partial charge in [-0.1, -0.05) is 19.9 Å². The summed E-state index contributed by atoms with van der Waals surface area (Å²) < 4.78 is 0. The highest BCUT2D eigenvalue weighted by molar-refractivity contribution is 5.42. The van der Waals surface area contributed by atoms with E-state index in [1.165, 1.54) is 5.56 Å². The molecule has 3 nitrogen and oxygen atoms in total. The number of nitrogens with zero attached hydrogens (tertiary/aromatic N) is 2. The molecule has 1 aromatic heterocycles. The van der Waals surface area contributed by atoms with E-state index in [0.29, 0.717) is 12.0 Å². The average Bonchev–Trinajstić information content (AvgIpc) is 2.34. The Morgan fingerprint density at radius 3 is 2.25 bits per heavy atom. The van der Waals surface area contributed by atoms with Crippen molar-refractivity contribution in [3.63, 3.8) is 0 Å². The van der Waals surface area contributed by atoms with Crippen LogP contribution >= 0.6 is 0 Å². The Balaban J connectivity index is 2.82. The Morgan fingerprint density at radius 2 is 1.80 bits per heavy atom. The molecule has 0 aliphatic rings. The number of aryl methyl sites for hydroxylation is 1. The van der Waals surface area contributed by atoms with Gasteiger partial charge in [0.2, 0.25) is 0 Å². The van der Waals surface area contributed by atoms with Crippen molar-refractivity contribution < 1.29 is 0 Å². The van der Waals surface area contributed by atoms with E-state index >= 15 is 0 Å². The first kappa shape index (κ1) is 17.0. The molecular formula is C17H31N3. The maximum Gasteiger partial charge on any atom is 0.128 e. The molecule has 0 radical (unpaired) electrons. The van der Waals surface area contributed by atoms with Crippen LogP contribution in [0.15, 0.2) is 12.1 Å². The number of aromatic nitrogens is 1. The molecule has 3 heteroatoms. The van der Waals surface area contributed by atoms with Crippen LogP contribution in [0.3, 0.4) is 0 Å². The summed E-state index contributed by atoms with van der Waals surface area (Å²) in [6.45, 7) is 16.2. The minimum Gasteiger partial charge on any atom is -0.357 e. The number of hydrogen-bond donors (Lipinski definition) is 1. The van der Waals surface area contributed by atoms with E-state index in [-0.39, 0.29) is 5.54 Å². The lowest BCUT2D eigenvalue weighted by Crippen LogP contribution is -2.35. The van der Waals surface area contributed by atoms with Gasteiger partial charge in [-0.2, -0.15) is 0 Å². The Kier molecular flexibility index (Phi) is 5.58. The van der Waals surface area contributed by atoms with Crippen molar-refractivity contribution in [2.75, 3.05) is 11.9 Å². The predicted molar refractivity (Wildman–Crippen MR) is 88.3 cm³/mol. The molecule has 1 heterocycles. The molecule has 0 amide bonds. The maximum absolute atomic E-state index is 4.76. The number of anilines is 1. The highest BCUT2D eigenvalue weighted by Gasteiger charge is 2.16. The van der Waals surface area contributed by atoms with Crippen LogP contribution in [0.1, 0.15) is 52.8 Å². The van der Waals surface area contributed by atoms with Crippen molar-refractivity contribution in [1.82, 2.24) is 10.3 Å². The highest BCUT2D eigenvalue weighted by Crippen LogP contribution is 2.19. The third kappa shape index (κ3) is 4.78. The van der Waals surface area contributed by atoms with Gasteiger partial charge in [-0.15, -0.1) is 0 Å². The van der Waals surface area contributed by atoms with E-state index in [1.807, 2.05) is 0 Å². The third-order valence-corrected chi connectivity index (χ3v) is 3.93. The Labute approximate surface area is 124 Å². The second-order valence-electron chi connectivity index (χ2n) is 7.11. The van der Waals surface area contributed by atoms with Crippen LogP contribution in [-0.2, 0) is 6.54 Å². The van der Waals surface area contributed by atoms with Crippen LogP contribution in [0.4, 0.5) is 5.82 Å². The molecule has 1 rings (SSSR count). The summed E-state index contributed by atoms with van der Waals surface area (Å²) in [5.74, 6) is 1.67. The number of pyridine rings is 1. The average molecular weight is 277 g/mol. The molecule has 1 unspecified atom stereocenters. The first-order valence-corrected chi connectivity index (χ1v) is 7.56. The minimum atomic E-state index is 0.133. The maximum atomic E-state index is 4.76. The number of rotatable bonds is 5. The van der Waals surface area contributed by atoms with Crippen molar-refractivity contribution in [2.45, 2.75) is 66.6 Å². The Morgan fingerprint density at radius 1 is 1.20 bits per heavy atom. The predicted octanol–water partition coefficient (Wildman–Crippen LogP) is 3.76. The van der Waals surface area contributed by atoms with Gasteiger partial charge < -0.3 is 10.2 Å². The molecular weight excluding hydrogens is 246 g/mol. The molecule has 1 N–H and O–H groups in total. The number of hydrogen-bond acceptors (Lipinski definition) is 3. The van der Waals surface area contributed by atoms with Crippen molar-refractivity contribution in [3.8, 4) is 0 Å². The molecule has 0 saturated carbocycles. The minimum absolute atomic E-state index is 0.133. The second kappa shape index (κ2) is 6.57. The molecule has 0 saturated heterocycles. The summed E-state index contributed by atoms with van der Waals surface area (Å²) in [6, 6.07) is 4.81. The fraction of sp³-hybridized carbons (Fsp3) is 0.706. The van der Waals surface area contributed by atoms with Crippen molar-refractivity contribution in [3.05, 3.63) is 23.4 Å². The lowest BCUT2D eigenvalue weighted by molar-refractivity contribution is 0.423. The summed E-state index contributed by atoms with van der Waals surface area (Å²) in [6.07, 6.45) is 0. The molecule has 0 aromatic carbocycles. The van der Waals surface area contributed by atoms with E-state index < -0.39 is 0 Å². The molecule has 0 bridgehead atoms. The van der Waals surface area contributed by atoms with Crippen molar-refractivity contribution >= 4 is 5.82 Å². The SMILES string of the molecule is Cc1nc(N(C)C(C)C(C)C)ccc1CNC(C)(C)C. The van der Waals surface area contributed by atoms with Gasteiger partial charge in [0.25, 0.3) is 0 Å². The normalized spacial score (nSPS) is 13.7. The van der Waals surface area contributed by atoms with Gasteiger partial charge in [0, 0.05) is 30.9 Å². The van der Waals surface area contributed by atoms with E-state index in [4.69, 9.17) is 4.98 Å². The summed E-state index contributed by atoms with van der Waals surface area (Å²) in [5.41, 5.74) is 2.52. The summed E-state index contributed by atoms with van der Waals surface area (Å²) in [5, 5.41) is 3.52. The molecule has 0 aliphatic carbocycles. The first-order valence-electron chi connectivity index (χ1n) is 7.56. The largest absolute Gasteiger partial charge is 0.357 e. The van der Waals surface area contributed by atoms with Gasteiger partial charge in [-0.25, -0.2) is 4.98 Å². The molecule has 0 spiro atoms. The van der Waals surface area contributed by atoms with E-state index in [0.717, 1.165) is 18.1 Å². The van der Waals surface area contributed by atoms with Crippen LogP contribution in [-0.4, -0.2) is 23.6 Å². The lowest BCUT2D eigenvalue weighted by atomic mass is 10.0. The monoisotopic (exact) mass is 277 g/mol. The van der Waals surface area contributed by atoms with Crippen LogP contribution in [0.5, 0.6) is 0 Å². The smallest absolute Gasteiger partial charge is 0.128 e. The van der Waals surface area contributed by atoms with E-state index in [9.17, 15) is 0 Å². The zero-order valence-electron chi connectivity index (χ0n) is 14.4. The van der Waals surface area contributed by atoms with Crippen LogP contribution in [0, 0.1) is 12.8 Å². The summed E-state index contributed by atoms with van der Waals surface area (Å²) in [4.78, 5) is 7.03. The lowest BCUT2D eigenvalue weighted by Gasteiger charge is -2.29. The van der Waals surface area contributed by atoms with Gasteiger partial charge in [0.1, 0.15) is 5.82 Å². The number of nitrogens with one attached hydrogen (secondary N) is 1. The fourth-order valence-electron chi connectivity index (χ4n) is 1.98. The quantitative estimate of drug-likeness (QED) is 0.888. The Hall–Kier alpha value is -1.09. The van der Waals surface area contributed by atoms with Crippen LogP contribution < -0.4 is 10.2 Å². The first-order chi connectivity index (χ1) is 9.11. The molecule has 1 aromatic rings. The van der Waals surface area contributed by atoms with E-state index in [2.05, 4.69) is 77.9 Å². The standard InChI is InChI=1S/C17H31N3/c1-12(2)14(4)20(8)16-10-9-15(13(3)19-16)11-18-17(5,6)7/h9-10,12,14,18H,11H2,1-8H3. The van der Waals surface area contributed by atoms with Gasteiger partial charge in [0.15, 0.2) is 0 Å². The molecule has 0 fully saturated rings. The highest BCUT2D eigenvalue weighted by atomic mass is 15.2. The molecule has 20 heavy (non-hydrogen) atoms. The van der Waals surface area contributed by atoms with Gasteiger partial charge in [0.05, 0.1) is 0 Å². The van der Waals surface area contributed by atoms with Crippen LogP contribution in [0.2, 0.25) is 0 Å². The van der Waals surface area contributed by atoms with Crippen molar-refractivity contribution in [2.24, 2.45) is 5.92 Å². The fourth-order valence-corrected chi connectivity index (χ4v) is 1.98. The Bertz CT molecular complexity index is 432. The summed E-state index contributed by atoms with van der Waals surface area (Å²) >= 11 is 0. The van der Waals surface area contributed by atoms with Gasteiger partial charge >= 0.3 is 0 Å². The zero-order valence-corrected chi connectivity index (χ0v) is 14.4. The summed E-state index contributed by atoms with van der Waals surface area (Å²) in [7, 11) is 2.12. The molecule has 1 atom stereocenters. The molecule has 114 valence electrons. The van der Waals surface area contributed by atoms with Gasteiger partial charge in [-0.3, -0.25) is 0 Å². The van der Waals surface area contributed by atoms with Crippen molar-refractivity contribution in [1.29, 1.82) is 0 Å².